The molecule has 1 atom stereocenters. The Kier molecular flexibility index (Phi) is 3.58. The van der Waals surface area contributed by atoms with Crippen LogP contribution in [0.1, 0.15) is 38.7 Å². The van der Waals surface area contributed by atoms with Crippen molar-refractivity contribution >= 4 is 5.97 Å². The Morgan fingerprint density at radius 3 is 2.44 bits per heavy atom. The van der Waals surface area contributed by atoms with E-state index in [9.17, 15) is 15.0 Å². The SMILES string of the molecule is CC(C)(C)CC(C(=O)O)c1cccc(O)c1. The zero-order valence-corrected chi connectivity index (χ0v) is 9.90. The van der Waals surface area contributed by atoms with Crippen molar-refractivity contribution in [2.75, 3.05) is 0 Å². The van der Waals surface area contributed by atoms with E-state index in [0.29, 0.717) is 12.0 Å². The average molecular weight is 222 g/mol. The van der Waals surface area contributed by atoms with Gasteiger partial charge in [-0.15, -0.1) is 0 Å². The maximum absolute atomic E-state index is 11.2. The molecule has 0 fully saturated rings. The van der Waals surface area contributed by atoms with Crippen LogP contribution in [0.2, 0.25) is 0 Å². The van der Waals surface area contributed by atoms with Gasteiger partial charge in [0, 0.05) is 0 Å². The Labute approximate surface area is 95.7 Å². The minimum absolute atomic E-state index is 0.0610. The van der Waals surface area contributed by atoms with Crippen LogP contribution in [-0.4, -0.2) is 16.2 Å². The lowest BCUT2D eigenvalue weighted by atomic mass is 9.81. The predicted octanol–water partition coefficient (Wildman–Crippen LogP) is 3.00. The van der Waals surface area contributed by atoms with Gasteiger partial charge in [0.05, 0.1) is 5.92 Å². The van der Waals surface area contributed by atoms with Gasteiger partial charge in [0.1, 0.15) is 5.75 Å². The highest BCUT2D eigenvalue weighted by Crippen LogP contribution is 2.32. The third kappa shape index (κ3) is 3.57. The second-order valence-electron chi connectivity index (χ2n) is 5.25. The van der Waals surface area contributed by atoms with Gasteiger partial charge in [0.15, 0.2) is 0 Å². The molecule has 3 heteroatoms. The number of benzene rings is 1. The molecule has 0 aliphatic rings. The number of aromatic hydroxyl groups is 1. The van der Waals surface area contributed by atoms with E-state index in [1.807, 2.05) is 20.8 Å². The van der Waals surface area contributed by atoms with Crippen LogP contribution in [0.15, 0.2) is 24.3 Å². The first-order valence-electron chi connectivity index (χ1n) is 5.31. The third-order valence-corrected chi connectivity index (χ3v) is 2.39. The molecule has 0 aromatic heterocycles. The van der Waals surface area contributed by atoms with Crippen LogP contribution in [0.5, 0.6) is 5.75 Å². The third-order valence-electron chi connectivity index (χ3n) is 2.39. The van der Waals surface area contributed by atoms with E-state index in [4.69, 9.17) is 0 Å². The Hall–Kier alpha value is -1.51. The number of hydrogen-bond acceptors (Lipinski definition) is 2. The van der Waals surface area contributed by atoms with Gasteiger partial charge in [-0.2, -0.15) is 0 Å². The summed E-state index contributed by atoms with van der Waals surface area (Å²) < 4.78 is 0. The fourth-order valence-electron chi connectivity index (χ4n) is 1.70. The number of hydrogen-bond donors (Lipinski definition) is 2. The normalized spacial score (nSPS) is 13.4. The smallest absolute Gasteiger partial charge is 0.310 e. The van der Waals surface area contributed by atoms with E-state index in [2.05, 4.69) is 0 Å². The summed E-state index contributed by atoms with van der Waals surface area (Å²) in [5.74, 6) is -1.30. The van der Waals surface area contributed by atoms with Crippen LogP contribution >= 0.6 is 0 Å². The van der Waals surface area contributed by atoms with E-state index in [1.165, 1.54) is 6.07 Å². The van der Waals surface area contributed by atoms with Crippen LogP contribution in [0.25, 0.3) is 0 Å². The highest BCUT2D eigenvalue weighted by molar-refractivity contribution is 5.76. The summed E-state index contributed by atoms with van der Waals surface area (Å²) >= 11 is 0. The zero-order valence-electron chi connectivity index (χ0n) is 9.90. The maximum atomic E-state index is 11.2. The quantitative estimate of drug-likeness (QED) is 0.826. The van der Waals surface area contributed by atoms with Crippen molar-refractivity contribution < 1.29 is 15.0 Å². The molecular weight excluding hydrogens is 204 g/mol. The molecule has 0 radical (unpaired) electrons. The first-order valence-corrected chi connectivity index (χ1v) is 5.31. The van der Waals surface area contributed by atoms with Crippen LogP contribution in [0.3, 0.4) is 0 Å². The van der Waals surface area contributed by atoms with Gasteiger partial charge in [-0.1, -0.05) is 32.9 Å². The molecule has 0 aliphatic carbocycles. The number of rotatable bonds is 3. The standard InChI is InChI=1S/C13H18O3/c1-13(2,3)8-11(12(15)16)9-5-4-6-10(14)7-9/h4-7,11,14H,8H2,1-3H3,(H,15,16). The Bertz CT molecular complexity index is 377. The van der Waals surface area contributed by atoms with E-state index in [0.717, 1.165) is 0 Å². The molecule has 1 unspecified atom stereocenters. The van der Waals surface area contributed by atoms with Crippen molar-refractivity contribution in [2.45, 2.75) is 33.1 Å². The van der Waals surface area contributed by atoms with Crippen molar-refractivity contribution in [2.24, 2.45) is 5.41 Å². The van der Waals surface area contributed by atoms with E-state index in [-0.39, 0.29) is 11.2 Å². The number of carboxylic acids is 1. The number of phenols is 1. The number of phenolic OH excluding ortho intramolecular Hbond substituents is 1. The van der Waals surface area contributed by atoms with E-state index >= 15 is 0 Å². The summed E-state index contributed by atoms with van der Waals surface area (Å²) in [5, 5.41) is 18.5. The average Bonchev–Trinajstić information content (AvgIpc) is 2.12. The molecule has 1 aromatic rings. The van der Waals surface area contributed by atoms with Crippen molar-refractivity contribution in [3.63, 3.8) is 0 Å². The highest BCUT2D eigenvalue weighted by atomic mass is 16.4. The molecular formula is C13H18O3. The van der Waals surface area contributed by atoms with Crippen molar-refractivity contribution in [3.05, 3.63) is 29.8 Å². The minimum atomic E-state index is -0.847. The summed E-state index contributed by atoms with van der Waals surface area (Å²) in [6, 6.07) is 6.47. The molecule has 3 nitrogen and oxygen atoms in total. The molecule has 16 heavy (non-hydrogen) atoms. The lowest BCUT2D eigenvalue weighted by Gasteiger charge is -2.23. The lowest BCUT2D eigenvalue weighted by Crippen LogP contribution is -2.19. The minimum Gasteiger partial charge on any atom is -0.508 e. The molecule has 1 aromatic carbocycles. The Morgan fingerprint density at radius 1 is 1.38 bits per heavy atom. The molecule has 0 saturated heterocycles. The summed E-state index contributed by atoms with van der Waals surface area (Å²) in [4.78, 5) is 11.2. The van der Waals surface area contributed by atoms with Crippen molar-refractivity contribution in [1.82, 2.24) is 0 Å². The predicted molar refractivity (Wildman–Crippen MR) is 62.6 cm³/mol. The Morgan fingerprint density at radius 2 is 2.00 bits per heavy atom. The molecule has 88 valence electrons. The molecule has 0 spiro atoms. The summed E-state index contributed by atoms with van der Waals surface area (Å²) in [5.41, 5.74) is 0.594. The van der Waals surface area contributed by atoms with Crippen LogP contribution < -0.4 is 0 Å². The topological polar surface area (TPSA) is 57.5 Å². The van der Waals surface area contributed by atoms with Crippen LogP contribution in [-0.2, 0) is 4.79 Å². The monoisotopic (exact) mass is 222 g/mol. The first kappa shape index (κ1) is 12.6. The molecule has 0 heterocycles. The number of aliphatic carboxylic acids is 1. The summed E-state index contributed by atoms with van der Waals surface area (Å²) in [6.45, 7) is 6.02. The fraction of sp³-hybridized carbons (Fsp3) is 0.462. The molecule has 0 bridgehead atoms. The first-order chi connectivity index (χ1) is 7.29. The second kappa shape index (κ2) is 4.56. The zero-order chi connectivity index (χ0) is 12.3. The van der Waals surface area contributed by atoms with Crippen LogP contribution in [0.4, 0.5) is 0 Å². The summed E-state index contributed by atoms with van der Waals surface area (Å²) in [7, 11) is 0. The number of carboxylic acid groups (broad SMARTS) is 1. The number of carbonyl (C=O) groups is 1. The Balaban J connectivity index is 2.99. The van der Waals surface area contributed by atoms with Gasteiger partial charge in [0.2, 0.25) is 0 Å². The molecule has 0 saturated carbocycles. The van der Waals surface area contributed by atoms with E-state index in [1.54, 1.807) is 18.2 Å². The van der Waals surface area contributed by atoms with Crippen LogP contribution in [0, 0.1) is 5.41 Å². The van der Waals surface area contributed by atoms with Gasteiger partial charge in [0.25, 0.3) is 0 Å². The molecule has 0 amide bonds. The van der Waals surface area contributed by atoms with Gasteiger partial charge in [-0.05, 0) is 29.5 Å². The van der Waals surface area contributed by atoms with Gasteiger partial charge >= 0.3 is 5.97 Å². The summed E-state index contributed by atoms with van der Waals surface area (Å²) in [6.07, 6.45) is 0.547. The molecule has 1 rings (SSSR count). The highest BCUT2D eigenvalue weighted by Gasteiger charge is 2.26. The fourth-order valence-corrected chi connectivity index (χ4v) is 1.70. The largest absolute Gasteiger partial charge is 0.508 e. The molecule has 2 N–H and O–H groups in total. The van der Waals surface area contributed by atoms with Gasteiger partial charge < -0.3 is 10.2 Å². The molecule has 0 aliphatic heterocycles. The van der Waals surface area contributed by atoms with Gasteiger partial charge in [-0.25, -0.2) is 0 Å². The van der Waals surface area contributed by atoms with E-state index < -0.39 is 11.9 Å². The lowest BCUT2D eigenvalue weighted by molar-refractivity contribution is -0.139. The van der Waals surface area contributed by atoms with Crippen molar-refractivity contribution in [1.29, 1.82) is 0 Å². The maximum Gasteiger partial charge on any atom is 0.310 e. The van der Waals surface area contributed by atoms with Gasteiger partial charge in [-0.3, -0.25) is 4.79 Å². The second-order valence-corrected chi connectivity index (χ2v) is 5.25. The van der Waals surface area contributed by atoms with Crippen molar-refractivity contribution in [3.8, 4) is 5.75 Å².